The minimum absolute atomic E-state index is 0.226. The average molecular weight is 333 g/mol. The molecule has 0 atom stereocenters. The summed E-state index contributed by atoms with van der Waals surface area (Å²) in [4.78, 5) is 9.87. The van der Waals surface area contributed by atoms with E-state index in [9.17, 15) is 4.79 Å². The number of aliphatic hydroxyl groups is 1. The largest absolute Gasteiger partial charge is 0.487 e. The number of carbonyl (C=O) groups is 1. The zero-order valence-corrected chi connectivity index (χ0v) is 15.0. The lowest BCUT2D eigenvalue weighted by molar-refractivity contribution is -0.140. The van der Waals surface area contributed by atoms with Gasteiger partial charge in [0.2, 0.25) is 0 Å². The molecule has 0 saturated heterocycles. The first kappa shape index (κ1) is 25.9. The van der Waals surface area contributed by atoms with Gasteiger partial charge in [-0.2, -0.15) is 0 Å². The lowest BCUT2D eigenvalue weighted by atomic mass is 10.5. The zero-order chi connectivity index (χ0) is 18.7. The van der Waals surface area contributed by atoms with Crippen LogP contribution in [0.3, 0.4) is 0 Å². The maximum absolute atomic E-state index is 9.87. The number of hydrogen-bond donors (Lipinski definition) is 3. The van der Waals surface area contributed by atoms with Gasteiger partial charge in [-0.25, -0.2) is 4.79 Å². The predicted octanol–water partition coefficient (Wildman–Crippen LogP) is 2.73. The molecule has 0 aliphatic carbocycles. The van der Waals surface area contributed by atoms with Gasteiger partial charge in [-0.1, -0.05) is 0 Å². The number of nitrogens with two attached hydrogens (primary N) is 1. The first-order chi connectivity index (χ1) is 10.8. The molecule has 0 unspecified atom stereocenters. The van der Waals surface area contributed by atoms with Crippen molar-refractivity contribution < 1.29 is 29.2 Å². The summed E-state index contributed by atoms with van der Waals surface area (Å²) in [6, 6.07) is 0. The van der Waals surface area contributed by atoms with Crippen LogP contribution in [0.25, 0.3) is 0 Å². The maximum atomic E-state index is 9.87. The van der Waals surface area contributed by atoms with Crippen molar-refractivity contribution in [2.45, 2.75) is 41.5 Å². The van der Waals surface area contributed by atoms with Crippen molar-refractivity contribution in [1.82, 2.24) is 0 Å². The molecule has 0 heterocycles. The van der Waals surface area contributed by atoms with Gasteiger partial charge in [-0.3, -0.25) is 5.73 Å². The molecule has 136 valence electrons. The fourth-order valence-corrected chi connectivity index (χ4v) is 0.659. The van der Waals surface area contributed by atoms with E-state index in [4.69, 9.17) is 25.4 Å². The molecule has 0 aromatic carbocycles. The first-order valence-electron chi connectivity index (χ1n) is 7.08. The van der Waals surface area contributed by atoms with Gasteiger partial charge in [0.1, 0.15) is 6.73 Å². The fourth-order valence-electron chi connectivity index (χ4n) is 0.659. The summed E-state index contributed by atoms with van der Waals surface area (Å²) >= 11 is 0. The molecular weight excluding hydrogens is 302 g/mol. The van der Waals surface area contributed by atoms with E-state index in [2.05, 4.69) is 4.74 Å². The monoisotopic (exact) mass is 333 g/mol. The highest BCUT2D eigenvalue weighted by Gasteiger charge is 1.94. The van der Waals surface area contributed by atoms with E-state index < -0.39 is 5.97 Å². The molecule has 0 fully saturated rings. The molecule has 0 aliphatic rings. The first-order valence-corrected chi connectivity index (χ1v) is 7.08. The van der Waals surface area contributed by atoms with Gasteiger partial charge in [0.15, 0.2) is 13.4 Å². The number of rotatable bonds is 7. The van der Waals surface area contributed by atoms with Gasteiger partial charge in [0.25, 0.3) is 0 Å². The van der Waals surface area contributed by atoms with E-state index in [0.717, 1.165) is 11.5 Å². The Bertz CT molecular complexity index is 355. The van der Waals surface area contributed by atoms with Gasteiger partial charge < -0.3 is 24.4 Å². The van der Waals surface area contributed by atoms with E-state index in [1.807, 2.05) is 26.8 Å². The second-order valence-electron chi connectivity index (χ2n) is 3.96. The lowest BCUT2D eigenvalue weighted by Gasteiger charge is -1.99. The normalized spacial score (nSPS) is 11.4. The molecule has 0 bridgehead atoms. The molecule has 0 spiro atoms. The highest BCUT2D eigenvalue weighted by atomic mass is 16.6. The number of allylic oxidation sites excluding steroid dienone is 6. The molecule has 0 aromatic rings. The minimum Gasteiger partial charge on any atom is -0.487 e. The zero-order valence-electron chi connectivity index (χ0n) is 15.0. The number of carboxylic acids is 1. The molecule has 0 aliphatic heterocycles. The quantitative estimate of drug-likeness (QED) is 0.485. The van der Waals surface area contributed by atoms with E-state index in [0.29, 0.717) is 5.76 Å². The third-order valence-electron chi connectivity index (χ3n) is 2.25. The van der Waals surface area contributed by atoms with Crippen LogP contribution in [0.5, 0.6) is 0 Å². The molecule has 23 heavy (non-hydrogen) atoms. The van der Waals surface area contributed by atoms with Crippen molar-refractivity contribution in [3.8, 4) is 0 Å². The Kier molecular flexibility index (Phi) is 22.6. The van der Waals surface area contributed by atoms with Gasteiger partial charge >= 0.3 is 5.97 Å². The topological polar surface area (TPSA) is 111 Å². The molecule has 0 rings (SSSR count). The lowest BCUT2D eigenvalue weighted by Crippen LogP contribution is -2.05. The van der Waals surface area contributed by atoms with E-state index >= 15 is 0 Å². The Labute approximate surface area is 139 Å². The Morgan fingerprint density at radius 2 is 1.30 bits per heavy atom. The summed E-state index contributed by atoms with van der Waals surface area (Å²) in [6.45, 7) is 10.7. The number of hydrogen-bond acceptors (Lipinski definition) is 6. The molecule has 7 heteroatoms. The van der Waals surface area contributed by atoms with E-state index in [1.54, 1.807) is 32.9 Å². The van der Waals surface area contributed by atoms with Crippen LogP contribution < -0.4 is 5.73 Å². The van der Waals surface area contributed by atoms with Crippen LogP contribution in [0.15, 0.2) is 35.5 Å². The maximum Gasteiger partial charge on any atom is 0.341 e. The van der Waals surface area contributed by atoms with Crippen LogP contribution >= 0.6 is 0 Å². The van der Waals surface area contributed by atoms with E-state index in [-0.39, 0.29) is 20.1 Å². The molecule has 0 saturated carbocycles. The number of carboxylic acid groups (broad SMARTS) is 1. The Balaban J connectivity index is -0.000000264. The van der Waals surface area contributed by atoms with Crippen molar-refractivity contribution in [1.29, 1.82) is 0 Å². The van der Waals surface area contributed by atoms with Crippen LogP contribution in [-0.2, 0) is 19.0 Å². The Morgan fingerprint density at radius 1 is 0.913 bits per heavy atom. The standard InChI is InChI=1S/C6H10O3.C5H11NO.C5H10O2/c1-3-5(2)9-4-6(7)8;2*1-3-5(2)7-4-6/h3H,4H2,1-2H3,(H,7,8);3H,4,6H2,1-2H3;3,6H,4H2,1-2H3. The van der Waals surface area contributed by atoms with Crippen LogP contribution in [0, 0.1) is 0 Å². The molecule has 0 amide bonds. The van der Waals surface area contributed by atoms with Crippen molar-refractivity contribution in [3.05, 3.63) is 35.5 Å². The van der Waals surface area contributed by atoms with Crippen molar-refractivity contribution in [2.24, 2.45) is 5.73 Å². The third kappa shape index (κ3) is 28.8. The van der Waals surface area contributed by atoms with E-state index in [1.165, 1.54) is 0 Å². The minimum atomic E-state index is -0.948. The van der Waals surface area contributed by atoms with Gasteiger partial charge in [0.05, 0.1) is 17.3 Å². The smallest absolute Gasteiger partial charge is 0.341 e. The Morgan fingerprint density at radius 3 is 1.52 bits per heavy atom. The third-order valence-corrected chi connectivity index (χ3v) is 2.25. The highest BCUT2D eigenvalue weighted by molar-refractivity contribution is 5.68. The van der Waals surface area contributed by atoms with Crippen LogP contribution in [0.1, 0.15) is 41.5 Å². The molecule has 0 radical (unpaired) electrons. The second-order valence-corrected chi connectivity index (χ2v) is 3.96. The fraction of sp³-hybridized carbons (Fsp3) is 0.562. The van der Waals surface area contributed by atoms with Crippen molar-refractivity contribution >= 4 is 5.97 Å². The van der Waals surface area contributed by atoms with Gasteiger partial charge in [-0.15, -0.1) is 0 Å². The number of ether oxygens (including phenoxy) is 3. The van der Waals surface area contributed by atoms with Crippen LogP contribution in [0.2, 0.25) is 0 Å². The van der Waals surface area contributed by atoms with Gasteiger partial charge in [-0.05, 0) is 59.8 Å². The molecular formula is C16H31NO6. The Hall–Kier alpha value is -1.99. The van der Waals surface area contributed by atoms with Crippen LogP contribution in [-0.4, -0.2) is 36.3 Å². The van der Waals surface area contributed by atoms with Gasteiger partial charge in [0, 0.05) is 0 Å². The van der Waals surface area contributed by atoms with Crippen molar-refractivity contribution in [3.63, 3.8) is 0 Å². The summed E-state index contributed by atoms with van der Waals surface area (Å²) in [5.74, 6) is 1.32. The van der Waals surface area contributed by atoms with Crippen molar-refractivity contribution in [2.75, 3.05) is 20.1 Å². The predicted molar refractivity (Wildman–Crippen MR) is 90.2 cm³/mol. The summed E-state index contributed by atoms with van der Waals surface area (Å²) in [5, 5.41) is 16.2. The summed E-state index contributed by atoms with van der Waals surface area (Å²) in [6.07, 6.45) is 5.37. The number of aliphatic carboxylic acids is 1. The average Bonchev–Trinajstić information content (AvgIpc) is 2.54. The summed E-state index contributed by atoms with van der Waals surface area (Å²) < 4.78 is 14.2. The second kappa shape index (κ2) is 20.0. The molecule has 0 aromatic heterocycles. The summed E-state index contributed by atoms with van der Waals surface area (Å²) in [5.41, 5.74) is 5.04. The highest BCUT2D eigenvalue weighted by Crippen LogP contribution is 1.92. The molecule has 4 N–H and O–H groups in total. The number of aliphatic hydroxyl groups excluding tert-OH is 1. The van der Waals surface area contributed by atoms with Crippen LogP contribution in [0.4, 0.5) is 0 Å². The SMILES string of the molecule is CC=C(C)OCC(=O)O.CC=C(C)OCN.CC=C(C)OCO. The molecule has 7 nitrogen and oxygen atoms in total. The summed E-state index contributed by atoms with van der Waals surface area (Å²) in [7, 11) is 0.